The Labute approximate surface area is 234 Å². The number of anilines is 1. The Bertz CT molecular complexity index is 1500. The van der Waals surface area contributed by atoms with Gasteiger partial charge in [0.05, 0.1) is 5.69 Å². The number of alkyl halides is 3. The lowest BCUT2D eigenvalue weighted by Gasteiger charge is -2.16. The molecule has 1 aromatic heterocycles. The van der Waals surface area contributed by atoms with Gasteiger partial charge in [-0.25, -0.2) is 14.5 Å². The van der Waals surface area contributed by atoms with Gasteiger partial charge < -0.3 is 15.4 Å². The molecule has 8 nitrogen and oxygen atoms in total. The van der Waals surface area contributed by atoms with Crippen molar-refractivity contribution in [2.75, 3.05) is 5.32 Å². The molecule has 0 saturated heterocycles. The summed E-state index contributed by atoms with van der Waals surface area (Å²) in [7, 11) is 0. The molecule has 0 fully saturated rings. The number of nitrogens with zero attached hydrogens (tertiary/aromatic N) is 3. The molecule has 12 heteroatoms. The van der Waals surface area contributed by atoms with Crippen LogP contribution in [0.15, 0.2) is 73.1 Å². The van der Waals surface area contributed by atoms with E-state index in [1.165, 1.54) is 35.3 Å². The molecule has 0 saturated carbocycles. The molecule has 0 unspecified atom stereocenters. The third kappa shape index (κ3) is 7.79. The van der Waals surface area contributed by atoms with Crippen molar-refractivity contribution in [1.82, 2.24) is 25.4 Å². The fourth-order valence-electron chi connectivity index (χ4n) is 3.90. The van der Waals surface area contributed by atoms with Crippen LogP contribution in [0.2, 0.25) is 0 Å². The maximum atomic E-state index is 12.5. The number of benzene rings is 3. The minimum Gasteiger partial charge on any atom is -0.406 e. The number of halogens is 3. The summed E-state index contributed by atoms with van der Waals surface area (Å²) in [5.74, 6) is 0.366. The predicted molar refractivity (Wildman–Crippen MR) is 150 cm³/mol. The molecule has 3 aromatic carbocycles. The Balaban J connectivity index is 1.34. The van der Waals surface area contributed by atoms with Crippen molar-refractivity contribution in [2.24, 2.45) is 0 Å². The van der Waals surface area contributed by atoms with Crippen molar-refractivity contribution >= 4 is 29.0 Å². The molecule has 0 aliphatic heterocycles. The second-order valence-electron chi connectivity index (χ2n) is 9.26. The average Bonchev–Trinajstić information content (AvgIpc) is 3.38. The van der Waals surface area contributed by atoms with Crippen molar-refractivity contribution in [1.29, 1.82) is 0 Å². The van der Waals surface area contributed by atoms with Crippen LogP contribution >= 0.6 is 12.2 Å². The van der Waals surface area contributed by atoms with E-state index < -0.39 is 12.4 Å². The van der Waals surface area contributed by atoms with E-state index >= 15 is 0 Å². The lowest BCUT2D eigenvalue weighted by atomic mass is 9.99. The highest BCUT2D eigenvalue weighted by atomic mass is 32.1. The van der Waals surface area contributed by atoms with Gasteiger partial charge in [0.15, 0.2) is 10.9 Å². The predicted octanol–water partition coefficient (Wildman–Crippen LogP) is 6.46. The SMILES string of the molecule is Cc1ccc(NC(=S)NC(=O)NCc2cccc(-c3ncn(-c4ccc(OC(F)(F)F)cc4)n3)c2)c(C(C)C)c1. The van der Waals surface area contributed by atoms with Gasteiger partial charge in [0.1, 0.15) is 12.1 Å². The van der Waals surface area contributed by atoms with Crippen LogP contribution in [0.5, 0.6) is 5.75 Å². The zero-order chi connectivity index (χ0) is 28.9. The summed E-state index contributed by atoms with van der Waals surface area (Å²) in [5.41, 5.74) is 5.11. The van der Waals surface area contributed by atoms with E-state index in [1.807, 2.05) is 43.3 Å². The van der Waals surface area contributed by atoms with Gasteiger partial charge in [0.2, 0.25) is 0 Å². The number of carbonyl (C=O) groups is 1. The molecule has 0 bridgehead atoms. The lowest BCUT2D eigenvalue weighted by molar-refractivity contribution is -0.274. The number of thiocarbonyl (C=S) groups is 1. The molecule has 1 heterocycles. The largest absolute Gasteiger partial charge is 0.573 e. The van der Waals surface area contributed by atoms with E-state index in [0.717, 1.165) is 22.4 Å². The fraction of sp³-hybridized carbons (Fsp3) is 0.214. The molecule has 4 rings (SSSR count). The number of nitrogens with one attached hydrogen (secondary N) is 3. The van der Waals surface area contributed by atoms with Crippen molar-refractivity contribution < 1.29 is 22.7 Å². The van der Waals surface area contributed by atoms with E-state index in [-0.39, 0.29) is 23.3 Å². The minimum atomic E-state index is -4.76. The zero-order valence-corrected chi connectivity index (χ0v) is 22.7. The standard InChI is InChI=1S/C28H27F3N6O2S/c1-17(2)23-13-18(3)7-12-24(23)34-27(40)35-26(38)32-15-19-5-4-6-20(14-19)25-33-16-37(36-25)21-8-10-22(11-9-21)39-28(29,30)31/h4-14,16-17H,15H2,1-3H3,(H3,32,34,35,38,40). The molecule has 2 amide bonds. The lowest BCUT2D eigenvalue weighted by Crippen LogP contribution is -2.41. The summed E-state index contributed by atoms with van der Waals surface area (Å²) in [4.78, 5) is 16.8. The van der Waals surface area contributed by atoms with Crippen LogP contribution < -0.4 is 20.7 Å². The van der Waals surface area contributed by atoms with E-state index in [4.69, 9.17) is 12.2 Å². The summed E-state index contributed by atoms with van der Waals surface area (Å²) < 4.78 is 42.5. The number of amides is 2. The van der Waals surface area contributed by atoms with E-state index in [9.17, 15) is 18.0 Å². The monoisotopic (exact) mass is 568 g/mol. The molecular weight excluding hydrogens is 541 g/mol. The Morgan fingerprint density at radius 2 is 1.82 bits per heavy atom. The molecule has 40 heavy (non-hydrogen) atoms. The van der Waals surface area contributed by atoms with Crippen LogP contribution in [-0.2, 0) is 6.54 Å². The van der Waals surface area contributed by atoms with Crippen LogP contribution in [0.4, 0.5) is 23.7 Å². The van der Waals surface area contributed by atoms with Gasteiger partial charge in [-0.1, -0.05) is 49.7 Å². The average molecular weight is 569 g/mol. The number of aryl methyl sites for hydroxylation is 1. The van der Waals surface area contributed by atoms with E-state index in [1.54, 1.807) is 0 Å². The molecule has 0 aliphatic carbocycles. The second-order valence-corrected chi connectivity index (χ2v) is 9.67. The first-order valence-electron chi connectivity index (χ1n) is 12.3. The second kappa shape index (κ2) is 12.2. The summed E-state index contributed by atoms with van der Waals surface area (Å²) in [5, 5.41) is 13.1. The topological polar surface area (TPSA) is 93.1 Å². The molecule has 4 aromatic rings. The molecule has 0 spiro atoms. The highest BCUT2D eigenvalue weighted by Gasteiger charge is 2.31. The molecule has 0 aliphatic rings. The molecule has 0 radical (unpaired) electrons. The van der Waals surface area contributed by atoms with Gasteiger partial charge in [-0.05, 0) is 72.6 Å². The molecule has 208 valence electrons. The maximum Gasteiger partial charge on any atom is 0.573 e. The Hall–Kier alpha value is -4.45. The normalized spacial score (nSPS) is 11.3. The number of rotatable bonds is 7. The smallest absolute Gasteiger partial charge is 0.406 e. The first-order valence-corrected chi connectivity index (χ1v) is 12.7. The molecule has 3 N–H and O–H groups in total. The van der Waals surface area contributed by atoms with Gasteiger partial charge in [-0.3, -0.25) is 5.32 Å². The zero-order valence-electron chi connectivity index (χ0n) is 21.9. The van der Waals surface area contributed by atoms with E-state index in [2.05, 4.69) is 50.7 Å². The highest BCUT2D eigenvalue weighted by molar-refractivity contribution is 7.80. The van der Waals surface area contributed by atoms with Gasteiger partial charge in [0.25, 0.3) is 0 Å². The van der Waals surface area contributed by atoms with Gasteiger partial charge in [-0.15, -0.1) is 18.3 Å². The summed E-state index contributed by atoms with van der Waals surface area (Å²) in [6, 6.07) is 18.1. The number of carbonyl (C=O) groups excluding carboxylic acids is 1. The number of ether oxygens (including phenoxy) is 1. The van der Waals surface area contributed by atoms with Crippen molar-refractivity contribution in [3.8, 4) is 22.8 Å². The van der Waals surface area contributed by atoms with Crippen molar-refractivity contribution in [2.45, 2.75) is 39.6 Å². The molecule has 0 atom stereocenters. The summed E-state index contributed by atoms with van der Waals surface area (Å²) in [6.07, 6.45) is -3.30. The van der Waals surface area contributed by atoms with Gasteiger partial charge >= 0.3 is 12.4 Å². The summed E-state index contributed by atoms with van der Waals surface area (Å²) in [6.45, 7) is 6.43. The molecular formula is C28H27F3N6O2S. The number of urea groups is 1. The quantitative estimate of drug-likeness (QED) is 0.222. The first-order chi connectivity index (χ1) is 19.0. The summed E-state index contributed by atoms with van der Waals surface area (Å²) >= 11 is 5.32. The van der Waals surface area contributed by atoms with Crippen LogP contribution in [0, 0.1) is 6.92 Å². The maximum absolute atomic E-state index is 12.5. The van der Waals surface area contributed by atoms with E-state index in [0.29, 0.717) is 17.1 Å². The first kappa shape index (κ1) is 28.6. The third-order valence-electron chi connectivity index (χ3n) is 5.77. The van der Waals surface area contributed by atoms with Crippen LogP contribution in [0.1, 0.15) is 36.5 Å². The number of aromatic nitrogens is 3. The third-order valence-corrected chi connectivity index (χ3v) is 5.97. The van der Waals surface area contributed by atoms with Crippen molar-refractivity contribution in [3.05, 3.63) is 89.7 Å². The van der Waals surface area contributed by atoms with Gasteiger partial charge in [0, 0.05) is 17.8 Å². The van der Waals surface area contributed by atoms with Crippen LogP contribution in [0.3, 0.4) is 0 Å². The Morgan fingerprint density at radius 1 is 1.07 bits per heavy atom. The van der Waals surface area contributed by atoms with Crippen molar-refractivity contribution in [3.63, 3.8) is 0 Å². The van der Waals surface area contributed by atoms with Gasteiger partial charge in [-0.2, -0.15) is 0 Å². The van der Waals surface area contributed by atoms with Crippen LogP contribution in [-0.4, -0.2) is 32.3 Å². The highest BCUT2D eigenvalue weighted by Crippen LogP contribution is 2.26. The van der Waals surface area contributed by atoms with Crippen LogP contribution in [0.25, 0.3) is 17.1 Å². The number of hydrogen-bond donors (Lipinski definition) is 3. The minimum absolute atomic E-state index is 0.185. The number of hydrogen-bond acceptors (Lipinski definition) is 5. The fourth-order valence-corrected chi connectivity index (χ4v) is 4.10. The Morgan fingerprint density at radius 3 is 2.52 bits per heavy atom. The Kier molecular flexibility index (Phi) is 8.68.